The molecule has 0 aliphatic heterocycles. The second-order valence-corrected chi connectivity index (χ2v) is 6.08. The Morgan fingerprint density at radius 1 is 1.32 bits per heavy atom. The normalized spacial score (nSPS) is 25.2. The zero-order valence-electron chi connectivity index (χ0n) is 12.4. The summed E-state index contributed by atoms with van der Waals surface area (Å²) < 4.78 is 0. The first kappa shape index (κ1) is 14.5. The molecule has 2 heteroatoms. The Morgan fingerprint density at radius 2 is 2.11 bits per heavy atom. The van der Waals surface area contributed by atoms with Gasteiger partial charge in [0.2, 0.25) is 0 Å². The molecule has 1 fully saturated rings. The van der Waals surface area contributed by atoms with Crippen molar-refractivity contribution in [3.8, 4) is 0 Å². The smallest absolute Gasteiger partial charge is 0.0281 e. The minimum absolute atomic E-state index is 0.423. The first-order valence-corrected chi connectivity index (χ1v) is 7.76. The molecule has 0 aromatic heterocycles. The highest BCUT2D eigenvalue weighted by atomic mass is 15.2. The topological polar surface area (TPSA) is 38.0 Å². The number of nitrogens with one attached hydrogen (secondary N) is 1. The highest BCUT2D eigenvalue weighted by Crippen LogP contribution is 2.35. The summed E-state index contributed by atoms with van der Waals surface area (Å²) in [6.07, 6.45) is 7.83. The third-order valence-electron chi connectivity index (χ3n) is 4.76. The van der Waals surface area contributed by atoms with Gasteiger partial charge in [-0.25, -0.2) is 0 Å². The summed E-state index contributed by atoms with van der Waals surface area (Å²) in [5.74, 6) is 7.44. The summed E-state index contributed by atoms with van der Waals surface area (Å²) in [5.41, 5.74) is 5.85. The minimum atomic E-state index is 0.423. The summed E-state index contributed by atoms with van der Waals surface area (Å²) in [5, 5.41) is 0. The third-order valence-corrected chi connectivity index (χ3v) is 4.76. The molecule has 3 atom stereocenters. The van der Waals surface area contributed by atoms with Crippen LogP contribution >= 0.6 is 0 Å². The first-order chi connectivity index (χ1) is 9.24. The van der Waals surface area contributed by atoms with Crippen molar-refractivity contribution in [1.82, 2.24) is 5.43 Å². The molecule has 0 spiro atoms. The molecule has 0 heterocycles. The van der Waals surface area contributed by atoms with E-state index in [-0.39, 0.29) is 0 Å². The van der Waals surface area contributed by atoms with Crippen LogP contribution in [-0.2, 0) is 6.42 Å². The Bertz CT molecular complexity index is 389. The third kappa shape index (κ3) is 3.80. The van der Waals surface area contributed by atoms with E-state index < -0.39 is 0 Å². The molecule has 1 aliphatic carbocycles. The molecule has 1 aromatic carbocycles. The molecule has 19 heavy (non-hydrogen) atoms. The maximum Gasteiger partial charge on any atom is 0.0281 e. The molecule has 1 aromatic rings. The van der Waals surface area contributed by atoms with Crippen molar-refractivity contribution in [3.63, 3.8) is 0 Å². The van der Waals surface area contributed by atoms with Gasteiger partial charge in [-0.2, -0.15) is 0 Å². The molecular weight excluding hydrogens is 232 g/mol. The van der Waals surface area contributed by atoms with Gasteiger partial charge in [0, 0.05) is 6.04 Å². The lowest BCUT2D eigenvalue weighted by Crippen LogP contribution is -2.46. The summed E-state index contributed by atoms with van der Waals surface area (Å²) >= 11 is 0. The Labute approximate surface area is 117 Å². The van der Waals surface area contributed by atoms with Gasteiger partial charge < -0.3 is 0 Å². The van der Waals surface area contributed by atoms with Crippen LogP contribution < -0.4 is 11.3 Å². The molecule has 3 unspecified atom stereocenters. The number of hydrazine groups is 1. The average molecular weight is 260 g/mol. The van der Waals surface area contributed by atoms with Crippen molar-refractivity contribution in [1.29, 1.82) is 0 Å². The average Bonchev–Trinajstić information content (AvgIpc) is 2.45. The second-order valence-electron chi connectivity index (χ2n) is 6.08. The molecule has 1 aliphatic rings. The standard InChI is InChI=1S/C17H28N2/c1-3-15-9-4-5-10-16(15)17(19-18)12-14-8-6-7-13(2)11-14/h6-8,11,15-17,19H,3-5,9-10,12,18H2,1-2H3. The van der Waals surface area contributed by atoms with Crippen LogP contribution in [0.1, 0.15) is 50.2 Å². The van der Waals surface area contributed by atoms with Crippen molar-refractivity contribution in [2.24, 2.45) is 17.7 Å². The van der Waals surface area contributed by atoms with E-state index in [1.54, 1.807) is 0 Å². The van der Waals surface area contributed by atoms with Crippen LogP contribution in [-0.4, -0.2) is 6.04 Å². The first-order valence-electron chi connectivity index (χ1n) is 7.76. The van der Waals surface area contributed by atoms with Crippen LogP contribution in [0, 0.1) is 18.8 Å². The van der Waals surface area contributed by atoms with Crippen LogP contribution in [0.2, 0.25) is 0 Å². The van der Waals surface area contributed by atoms with Crippen molar-refractivity contribution < 1.29 is 0 Å². The predicted molar refractivity (Wildman–Crippen MR) is 81.7 cm³/mol. The van der Waals surface area contributed by atoms with Gasteiger partial charge in [-0.1, -0.05) is 62.4 Å². The predicted octanol–water partition coefficient (Wildman–Crippen LogP) is 3.59. The highest BCUT2D eigenvalue weighted by Gasteiger charge is 2.30. The Hall–Kier alpha value is -0.860. The van der Waals surface area contributed by atoms with E-state index in [0.29, 0.717) is 6.04 Å². The van der Waals surface area contributed by atoms with E-state index in [1.165, 1.54) is 43.2 Å². The molecule has 2 nitrogen and oxygen atoms in total. The van der Waals surface area contributed by atoms with Crippen LogP contribution in [0.5, 0.6) is 0 Å². The lowest BCUT2D eigenvalue weighted by Gasteiger charge is -2.36. The number of nitrogens with two attached hydrogens (primary N) is 1. The maximum absolute atomic E-state index is 5.86. The van der Waals surface area contributed by atoms with Crippen LogP contribution in [0.4, 0.5) is 0 Å². The summed E-state index contributed by atoms with van der Waals surface area (Å²) in [4.78, 5) is 0. The SMILES string of the molecule is CCC1CCCCC1C(Cc1cccc(C)c1)NN. The molecule has 0 radical (unpaired) electrons. The van der Waals surface area contributed by atoms with E-state index in [2.05, 4.69) is 43.5 Å². The Kier molecular flexibility index (Phi) is 5.41. The van der Waals surface area contributed by atoms with E-state index >= 15 is 0 Å². The fourth-order valence-electron chi connectivity index (χ4n) is 3.70. The maximum atomic E-state index is 5.86. The number of aryl methyl sites for hydroxylation is 1. The van der Waals surface area contributed by atoms with Gasteiger partial charge >= 0.3 is 0 Å². The van der Waals surface area contributed by atoms with Gasteiger partial charge in [-0.05, 0) is 37.2 Å². The van der Waals surface area contributed by atoms with Crippen molar-refractivity contribution >= 4 is 0 Å². The molecule has 1 saturated carbocycles. The molecule has 0 bridgehead atoms. The zero-order valence-corrected chi connectivity index (χ0v) is 12.4. The number of hydrogen-bond acceptors (Lipinski definition) is 2. The van der Waals surface area contributed by atoms with Crippen molar-refractivity contribution in [2.45, 2.75) is 58.4 Å². The van der Waals surface area contributed by atoms with Gasteiger partial charge in [-0.3, -0.25) is 11.3 Å². The van der Waals surface area contributed by atoms with Gasteiger partial charge in [-0.15, -0.1) is 0 Å². The van der Waals surface area contributed by atoms with Crippen molar-refractivity contribution in [2.75, 3.05) is 0 Å². The van der Waals surface area contributed by atoms with Crippen LogP contribution in [0.15, 0.2) is 24.3 Å². The Morgan fingerprint density at radius 3 is 2.79 bits per heavy atom. The van der Waals surface area contributed by atoms with E-state index in [4.69, 9.17) is 5.84 Å². The minimum Gasteiger partial charge on any atom is -0.271 e. The van der Waals surface area contributed by atoms with Crippen LogP contribution in [0.25, 0.3) is 0 Å². The van der Waals surface area contributed by atoms with Crippen LogP contribution in [0.3, 0.4) is 0 Å². The molecule has 0 amide bonds. The summed E-state index contributed by atoms with van der Waals surface area (Å²) in [6, 6.07) is 9.24. The molecule has 2 rings (SSSR count). The molecular formula is C17H28N2. The quantitative estimate of drug-likeness (QED) is 0.627. The largest absolute Gasteiger partial charge is 0.271 e. The Balaban J connectivity index is 2.06. The highest BCUT2D eigenvalue weighted by molar-refractivity contribution is 5.23. The lowest BCUT2D eigenvalue weighted by atomic mass is 9.73. The fraction of sp³-hybridized carbons (Fsp3) is 0.647. The zero-order chi connectivity index (χ0) is 13.7. The molecule has 106 valence electrons. The number of rotatable bonds is 5. The summed E-state index contributed by atoms with van der Waals surface area (Å²) in [6.45, 7) is 4.48. The number of benzene rings is 1. The van der Waals surface area contributed by atoms with Crippen molar-refractivity contribution in [3.05, 3.63) is 35.4 Å². The summed E-state index contributed by atoms with van der Waals surface area (Å²) in [7, 11) is 0. The lowest BCUT2D eigenvalue weighted by molar-refractivity contribution is 0.174. The fourth-order valence-corrected chi connectivity index (χ4v) is 3.70. The number of hydrogen-bond donors (Lipinski definition) is 2. The van der Waals surface area contributed by atoms with Gasteiger partial charge in [0.15, 0.2) is 0 Å². The van der Waals surface area contributed by atoms with Gasteiger partial charge in [0.1, 0.15) is 0 Å². The second kappa shape index (κ2) is 7.06. The van der Waals surface area contributed by atoms with Gasteiger partial charge in [0.25, 0.3) is 0 Å². The molecule has 3 N–H and O–H groups in total. The van der Waals surface area contributed by atoms with E-state index in [1.807, 2.05) is 0 Å². The molecule has 0 saturated heterocycles. The van der Waals surface area contributed by atoms with E-state index in [0.717, 1.165) is 18.3 Å². The van der Waals surface area contributed by atoms with E-state index in [9.17, 15) is 0 Å². The monoisotopic (exact) mass is 260 g/mol. The van der Waals surface area contributed by atoms with Gasteiger partial charge in [0.05, 0.1) is 0 Å².